The molecule has 1 N–H and O–H groups in total. The van der Waals surface area contributed by atoms with E-state index in [1.165, 1.54) is 44.9 Å². The molecule has 0 spiro atoms. The lowest BCUT2D eigenvalue weighted by Gasteiger charge is -2.58. The van der Waals surface area contributed by atoms with E-state index in [0.29, 0.717) is 10.8 Å². The Morgan fingerprint density at radius 1 is 1.14 bits per heavy atom. The van der Waals surface area contributed by atoms with Crippen LogP contribution in [-0.4, -0.2) is 11.2 Å². The van der Waals surface area contributed by atoms with E-state index in [4.69, 9.17) is 0 Å². The maximum Gasteiger partial charge on any atom is 0.0583 e. The molecule has 0 radical (unpaired) electrons. The first-order valence-corrected chi connectivity index (χ1v) is 9.86. The van der Waals surface area contributed by atoms with Gasteiger partial charge in [-0.05, 0) is 85.9 Å². The van der Waals surface area contributed by atoms with Crippen LogP contribution in [0.1, 0.15) is 78.6 Å². The number of fused-ring (bicyclic) bond motifs is 5. The van der Waals surface area contributed by atoms with Gasteiger partial charge in [0.15, 0.2) is 0 Å². The van der Waals surface area contributed by atoms with E-state index in [0.717, 1.165) is 36.5 Å². The summed E-state index contributed by atoms with van der Waals surface area (Å²) in [5.74, 6) is 3.72. The van der Waals surface area contributed by atoms with Crippen molar-refractivity contribution in [2.75, 3.05) is 0 Å². The van der Waals surface area contributed by atoms with Crippen molar-refractivity contribution in [3.05, 3.63) is 11.6 Å². The van der Waals surface area contributed by atoms with E-state index in [1.54, 1.807) is 5.57 Å². The molecule has 3 saturated carbocycles. The second-order valence-corrected chi connectivity index (χ2v) is 9.38. The third-order valence-corrected chi connectivity index (χ3v) is 8.72. The molecule has 4 aliphatic carbocycles. The smallest absolute Gasteiger partial charge is 0.0583 e. The van der Waals surface area contributed by atoms with Crippen LogP contribution in [-0.2, 0) is 0 Å². The predicted molar refractivity (Wildman–Crippen MR) is 91.5 cm³/mol. The third-order valence-electron chi connectivity index (χ3n) is 8.72. The van der Waals surface area contributed by atoms with Crippen molar-refractivity contribution in [1.82, 2.24) is 0 Å². The highest BCUT2D eigenvalue weighted by Crippen LogP contribution is 2.67. The second kappa shape index (κ2) is 5.10. The summed E-state index contributed by atoms with van der Waals surface area (Å²) in [5.41, 5.74) is 2.64. The number of aliphatic hydroxyl groups is 1. The monoisotopic (exact) mass is 302 g/mol. The first-order valence-electron chi connectivity index (χ1n) is 9.86. The average Bonchev–Trinajstić information content (AvgIpc) is 2.82. The van der Waals surface area contributed by atoms with Gasteiger partial charge in [0.1, 0.15) is 0 Å². The number of allylic oxidation sites excluding steroid dienone is 1. The largest absolute Gasteiger partial charge is 0.393 e. The zero-order valence-corrected chi connectivity index (χ0v) is 14.8. The summed E-state index contributed by atoms with van der Waals surface area (Å²) in [6, 6.07) is 0. The van der Waals surface area contributed by atoms with Crippen molar-refractivity contribution < 1.29 is 5.11 Å². The zero-order valence-electron chi connectivity index (χ0n) is 14.8. The molecule has 1 nitrogen and oxygen atoms in total. The van der Waals surface area contributed by atoms with Gasteiger partial charge in [-0.25, -0.2) is 0 Å². The molecule has 1 heteroatoms. The molecule has 0 amide bonds. The average molecular weight is 303 g/mol. The van der Waals surface area contributed by atoms with E-state index in [1.807, 2.05) is 0 Å². The highest BCUT2D eigenvalue weighted by atomic mass is 16.3. The fourth-order valence-electron chi connectivity index (χ4n) is 7.58. The van der Waals surface area contributed by atoms with Gasteiger partial charge >= 0.3 is 0 Å². The summed E-state index contributed by atoms with van der Waals surface area (Å²) in [6.07, 6.45) is 14.2. The summed E-state index contributed by atoms with van der Waals surface area (Å²) < 4.78 is 0. The SMILES string of the molecule is CC[C@H]1CC[C@H]2[C@@H]3CCC4=CC[C@H](O)C[C@]4(C)[C@H]3CC[C@]12C. The summed E-state index contributed by atoms with van der Waals surface area (Å²) in [4.78, 5) is 0. The quantitative estimate of drug-likeness (QED) is 0.648. The molecule has 124 valence electrons. The standard InChI is InChI=1S/C21H34O/c1-4-14-7-10-18-17-9-6-15-5-8-16(22)13-21(15,3)19(17)11-12-20(14,18)2/h5,14,16-19,22H,4,6-13H2,1-3H3/t14-,16-,17-,18-,19-,20+,21-/m0/s1. The molecule has 0 heterocycles. The molecule has 0 aromatic rings. The van der Waals surface area contributed by atoms with Gasteiger partial charge in [0.05, 0.1) is 6.10 Å². The minimum Gasteiger partial charge on any atom is -0.393 e. The Morgan fingerprint density at radius 2 is 1.95 bits per heavy atom. The molecule has 0 aromatic carbocycles. The molecular formula is C21H34O. The van der Waals surface area contributed by atoms with Crippen LogP contribution in [0.3, 0.4) is 0 Å². The lowest BCUT2D eigenvalue weighted by Crippen LogP contribution is -2.51. The normalized spacial score (nSPS) is 54.2. The van der Waals surface area contributed by atoms with Gasteiger partial charge in [-0.2, -0.15) is 0 Å². The van der Waals surface area contributed by atoms with Crippen LogP contribution in [0, 0.1) is 34.5 Å². The van der Waals surface area contributed by atoms with Crippen LogP contribution in [0.4, 0.5) is 0 Å². The first-order chi connectivity index (χ1) is 10.5. The lowest BCUT2D eigenvalue weighted by molar-refractivity contribution is -0.0636. The maximum atomic E-state index is 10.3. The zero-order chi connectivity index (χ0) is 15.5. The van der Waals surface area contributed by atoms with Crippen molar-refractivity contribution in [1.29, 1.82) is 0 Å². The van der Waals surface area contributed by atoms with Crippen molar-refractivity contribution in [3.63, 3.8) is 0 Å². The van der Waals surface area contributed by atoms with Crippen LogP contribution in [0.2, 0.25) is 0 Å². The van der Waals surface area contributed by atoms with Crippen LogP contribution in [0.5, 0.6) is 0 Å². The molecule has 22 heavy (non-hydrogen) atoms. The van der Waals surface area contributed by atoms with Crippen LogP contribution in [0.15, 0.2) is 11.6 Å². The topological polar surface area (TPSA) is 20.2 Å². The van der Waals surface area contributed by atoms with Crippen molar-refractivity contribution in [2.24, 2.45) is 34.5 Å². The van der Waals surface area contributed by atoms with Crippen molar-refractivity contribution >= 4 is 0 Å². The van der Waals surface area contributed by atoms with Crippen molar-refractivity contribution in [3.8, 4) is 0 Å². The first kappa shape index (κ1) is 15.2. The molecule has 3 fully saturated rings. The fraction of sp³-hybridized carbons (Fsp3) is 0.905. The molecule has 0 aliphatic heterocycles. The summed E-state index contributed by atoms with van der Waals surface area (Å²) >= 11 is 0. The van der Waals surface area contributed by atoms with Crippen molar-refractivity contribution in [2.45, 2.75) is 84.7 Å². The third kappa shape index (κ3) is 1.93. The minimum atomic E-state index is -0.0900. The van der Waals surface area contributed by atoms with Gasteiger partial charge in [0, 0.05) is 0 Å². The molecular weight excluding hydrogens is 268 g/mol. The summed E-state index contributed by atoms with van der Waals surface area (Å²) in [6.45, 7) is 7.52. The molecule has 7 atom stereocenters. The molecule has 0 unspecified atom stereocenters. The molecule has 0 saturated heterocycles. The number of hydrogen-bond acceptors (Lipinski definition) is 1. The van der Waals surface area contributed by atoms with Gasteiger partial charge in [-0.3, -0.25) is 0 Å². The van der Waals surface area contributed by atoms with Crippen LogP contribution >= 0.6 is 0 Å². The molecule has 0 aromatic heterocycles. The van der Waals surface area contributed by atoms with Gasteiger partial charge in [0.25, 0.3) is 0 Å². The van der Waals surface area contributed by atoms with Crippen LogP contribution in [0.25, 0.3) is 0 Å². The van der Waals surface area contributed by atoms with Crippen LogP contribution < -0.4 is 0 Å². The predicted octanol–water partition coefficient (Wildman–Crippen LogP) is 5.34. The molecule has 4 aliphatic rings. The minimum absolute atomic E-state index is 0.0900. The second-order valence-electron chi connectivity index (χ2n) is 9.38. The number of aliphatic hydroxyl groups excluding tert-OH is 1. The Hall–Kier alpha value is -0.300. The van der Waals surface area contributed by atoms with E-state index < -0.39 is 0 Å². The molecule has 0 bridgehead atoms. The Balaban J connectivity index is 1.66. The Labute approximate surface area is 136 Å². The van der Waals surface area contributed by atoms with Gasteiger partial charge in [0.2, 0.25) is 0 Å². The van der Waals surface area contributed by atoms with Gasteiger partial charge in [-0.15, -0.1) is 0 Å². The van der Waals surface area contributed by atoms with E-state index in [9.17, 15) is 5.11 Å². The Morgan fingerprint density at radius 3 is 2.73 bits per heavy atom. The van der Waals surface area contributed by atoms with Gasteiger partial charge in [-0.1, -0.05) is 38.8 Å². The lowest BCUT2D eigenvalue weighted by atomic mass is 9.46. The van der Waals surface area contributed by atoms with E-state index in [2.05, 4.69) is 26.8 Å². The Kier molecular flexibility index (Phi) is 3.53. The van der Waals surface area contributed by atoms with E-state index >= 15 is 0 Å². The fourth-order valence-corrected chi connectivity index (χ4v) is 7.58. The number of hydrogen-bond donors (Lipinski definition) is 1. The maximum absolute atomic E-state index is 10.3. The van der Waals surface area contributed by atoms with E-state index in [-0.39, 0.29) is 6.10 Å². The Bertz CT molecular complexity index is 480. The number of rotatable bonds is 1. The summed E-state index contributed by atoms with van der Waals surface area (Å²) in [7, 11) is 0. The highest BCUT2D eigenvalue weighted by molar-refractivity contribution is 5.24. The highest BCUT2D eigenvalue weighted by Gasteiger charge is 2.58. The van der Waals surface area contributed by atoms with Gasteiger partial charge < -0.3 is 5.11 Å². The summed E-state index contributed by atoms with van der Waals surface area (Å²) in [5, 5.41) is 10.3. The molecule has 4 rings (SSSR count).